The van der Waals surface area contributed by atoms with Crippen LogP contribution in [0, 0.1) is 0 Å². The number of carbonyl (C=O) groups excluding carboxylic acids is 1. The standard InChI is InChI=1S/C14H19ClN2O2.ClH/c1-19-9(8-16)7-14(18)17-13-6-5-10-11(13)3-2-4-12(10)15;/h2-4,9,13H,5-8,16H2,1H3,(H,17,18);1H. The fraction of sp³-hybridized carbons (Fsp3) is 0.500. The molecule has 0 aromatic heterocycles. The van der Waals surface area contributed by atoms with Gasteiger partial charge in [0, 0.05) is 18.7 Å². The molecule has 0 aliphatic heterocycles. The number of halogens is 2. The minimum Gasteiger partial charge on any atom is -0.380 e. The van der Waals surface area contributed by atoms with Gasteiger partial charge in [0.05, 0.1) is 18.6 Å². The molecule has 1 aromatic carbocycles. The van der Waals surface area contributed by atoms with Crippen LogP contribution in [0.4, 0.5) is 0 Å². The van der Waals surface area contributed by atoms with Crippen molar-refractivity contribution in [1.29, 1.82) is 0 Å². The predicted octanol–water partition coefficient (Wildman–Crippen LogP) is 2.23. The van der Waals surface area contributed by atoms with Crippen LogP contribution in [-0.2, 0) is 16.0 Å². The number of carbonyl (C=O) groups is 1. The third kappa shape index (κ3) is 3.85. The first-order valence-corrected chi connectivity index (χ1v) is 6.83. The van der Waals surface area contributed by atoms with E-state index in [1.54, 1.807) is 7.11 Å². The maximum absolute atomic E-state index is 11.9. The molecule has 3 N–H and O–H groups in total. The quantitative estimate of drug-likeness (QED) is 0.875. The Kier molecular flexibility index (Phi) is 6.76. The van der Waals surface area contributed by atoms with E-state index in [1.807, 2.05) is 18.2 Å². The number of ether oxygens (including phenoxy) is 1. The number of hydrogen-bond donors (Lipinski definition) is 2. The average molecular weight is 319 g/mol. The highest BCUT2D eigenvalue weighted by atomic mass is 35.5. The third-order valence-electron chi connectivity index (χ3n) is 3.56. The van der Waals surface area contributed by atoms with Crippen molar-refractivity contribution in [3.05, 3.63) is 34.3 Å². The van der Waals surface area contributed by atoms with E-state index in [0.29, 0.717) is 13.0 Å². The number of amides is 1. The second kappa shape index (κ2) is 7.84. The van der Waals surface area contributed by atoms with E-state index in [-0.39, 0.29) is 30.5 Å². The van der Waals surface area contributed by atoms with Crippen molar-refractivity contribution in [1.82, 2.24) is 5.32 Å². The Hall–Kier alpha value is -0.810. The van der Waals surface area contributed by atoms with Crippen LogP contribution < -0.4 is 11.1 Å². The van der Waals surface area contributed by atoms with Gasteiger partial charge in [-0.25, -0.2) is 0 Å². The summed E-state index contributed by atoms with van der Waals surface area (Å²) >= 11 is 6.15. The monoisotopic (exact) mass is 318 g/mol. The summed E-state index contributed by atoms with van der Waals surface area (Å²) < 4.78 is 5.12. The van der Waals surface area contributed by atoms with Gasteiger partial charge in [-0.3, -0.25) is 4.79 Å². The molecule has 0 radical (unpaired) electrons. The first-order chi connectivity index (χ1) is 9.15. The number of nitrogens with one attached hydrogen (secondary N) is 1. The molecule has 0 saturated carbocycles. The lowest BCUT2D eigenvalue weighted by atomic mass is 10.1. The van der Waals surface area contributed by atoms with Crippen molar-refractivity contribution in [3.63, 3.8) is 0 Å². The molecule has 4 nitrogen and oxygen atoms in total. The van der Waals surface area contributed by atoms with Crippen LogP contribution in [0.5, 0.6) is 0 Å². The zero-order valence-electron chi connectivity index (χ0n) is 11.4. The predicted molar refractivity (Wildman–Crippen MR) is 82.4 cm³/mol. The summed E-state index contributed by atoms with van der Waals surface area (Å²) in [6.45, 7) is 0.344. The van der Waals surface area contributed by atoms with Crippen molar-refractivity contribution < 1.29 is 9.53 Å². The molecule has 0 bridgehead atoms. The van der Waals surface area contributed by atoms with Gasteiger partial charge in [-0.1, -0.05) is 23.7 Å². The maximum Gasteiger partial charge on any atom is 0.223 e. The highest BCUT2D eigenvalue weighted by molar-refractivity contribution is 6.31. The molecule has 0 saturated heterocycles. The van der Waals surface area contributed by atoms with Crippen LogP contribution in [0.1, 0.15) is 30.0 Å². The summed E-state index contributed by atoms with van der Waals surface area (Å²) in [5.74, 6) is -0.0323. The lowest BCUT2D eigenvalue weighted by Crippen LogP contribution is -2.33. The van der Waals surface area contributed by atoms with Gasteiger partial charge in [-0.15, -0.1) is 12.4 Å². The minimum atomic E-state index is -0.222. The molecule has 20 heavy (non-hydrogen) atoms. The zero-order chi connectivity index (χ0) is 13.8. The summed E-state index contributed by atoms with van der Waals surface area (Å²) in [6.07, 6.45) is 1.87. The van der Waals surface area contributed by atoms with Crippen molar-refractivity contribution in [3.8, 4) is 0 Å². The Morgan fingerprint density at radius 3 is 3.00 bits per heavy atom. The molecular formula is C14H20Cl2N2O2. The Labute approximate surface area is 130 Å². The van der Waals surface area contributed by atoms with Gasteiger partial charge < -0.3 is 15.8 Å². The lowest BCUT2D eigenvalue weighted by Gasteiger charge is -2.17. The van der Waals surface area contributed by atoms with Crippen LogP contribution in [0.15, 0.2) is 18.2 Å². The molecule has 1 aliphatic rings. The number of methoxy groups -OCH3 is 1. The lowest BCUT2D eigenvalue weighted by molar-refractivity contribution is -0.124. The van der Waals surface area contributed by atoms with Crippen LogP contribution in [-0.4, -0.2) is 25.7 Å². The Balaban J connectivity index is 0.00000200. The molecule has 0 heterocycles. The fourth-order valence-corrected chi connectivity index (χ4v) is 2.76. The average Bonchev–Trinajstić information content (AvgIpc) is 2.81. The largest absolute Gasteiger partial charge is 0.380 e. The van der Waals surface area contributed by atoms with Gasteiger partial charge in [0.25, 0.3) is 0 Å². The number of hydrogen-bond acceptors (Lipinski definition) is 3. The number of rotatable bonds is 5. The SMILES string of the molecule is COC(CN)CC(=O)NC1CCc2c(Cl)cccc21.Cl. The van der Waals surface area contributed by atoms with Crippen LogP contribution >= 0.6 is 24.0 Å². The molecule has 1 aliphatic carbocycles. The zero-order valence-corrected chi connectivity index (χ0v) is 13.0. The molecule has 6 heteroatoms. The van der Waals surface area contributed by atoms with Gasteiger partial charge in [-0.2, -0.15) is 0 Å². The number of fused-ring (bicyclic) bond motifs is 1. The summed E-state index contributed by atoms with van der Waals surface area (Å²) in [4.78, 5) is 11.9. The van der Waals surface area contributed by atoms with Crippen LogP contribution in [0.25, 0.3) is 0 Å². The Morgan fingerprint density at radius 1 is 1.60 bits per heavy atom. The Morgan fingerprint density at radius 2 is 2.35 bits per heavy atom. The molecule has 0 fully saturated rings. The normalized spacial score (nSPS) is 18.1. The third-order valence-corrected chi connectivity index (χ3v) is 3.91. The second-order valence-electron chi connectivity index (χ2n) is 4.76. The summed E-state index contributed by atoms with van der Waals surface area (Å²) in [6, 6.07) is 5.88. The molecular weight excluding hydrogens is 299 g/mol. The van der Waals surface area contributed by atoms with Crippen LogP contribution in [0.2, 0.25) is 5.02 Å². The van der Waals surface area contributed by atoms with Crippen molar-refractivity contribution in [2.75, 3.05) is 13.7 Å². The van der Waals surface area contributed by atoms with E-state index in [0.717, 1.165) is 29.0 Å². The molecule has 112 valence electrons. The van der Waals surface area contributed by atoms with Crippen LogP contribution in [0.3, 0.4) is 0 Å². The molecule has 1 amide bonds. The second-order valence-corrected chi connectivity index (χ2v) is 5.17. The van der Waals surface area contributed by atoms with Crippen molar-refractivity contribution >= 4 is 29.9 Å². The molecule has 1 aromatic rings. The van der Waals surface area contributed by atoms with E-state index in [2.05, 4.69) is 5.32 Å². The summed E-state index contributed by atoms with van der Waals surface area (Å²) in [7, 11) is 1.56. The smallest absolute Gasteiger partial charge is 0.223 e. The number of nitrogens with two attached hydrogens (primary N) is 1. The van der Waals surface area contributed by atoms with Crippen molar-refractivity contribution in [2.45, 2.75) is 31.4 Å². The number of benzene rings is 1. The minimum absolute atomic E-state index is 0. The van der Waals surface area contributed by atoms with Gasteiger partial charge in [-0.05, 0) is 30.0 Å². The molecule has 0 spiro atoms. The Bertz CT molecular complexity index is 464. The first kappa shape index (κ1) is 17.2. The van der Waals surface area contributed by atoms with E-state index in [1.165, 1.54) is 0 Å². The highest BCUT2D eigenvalue weighted by Crippen LogP contribution is 2.35. The van der Waals surface area contributed by atoms with E-state index < -0.39 is 0 Å². The van der Waals surface area contributed by atoms with Gasteiger partial charge in [0.15, 0.2) is 0 Å². The molecule has 2 unspecified atom stereocenters. The molecule has 2 rings (SSSR count). The van der Waals surface area contributed by atoms with E-state index in [4.69, 9.17) is 22.1 Å². The summed E-state index contributed by atoms with van der Waals surface area (Å²) in [5.41, 5.74) is 7.79. The maximum atomic E-state index is 11.9. The summed E-state index contributed by atoms with van der Waals surface area (Å²) in [5, 5.41) is 3.81. The first-order valence-electron chi connectivity index (χ1n) is 6.45. The van der Waals surface area contributed by atoms with Gasteiger partial charge in [0.2, 0.25) is 5.91 Å². The van der Waals surface area contributed by atoms with E-state index in [9.17, 15) is 4.79 Å². The molecule has 2 atom stereocenters. The van der Waals surface area contributed by atoms with Gasteiger partial charge >= 0.3 is 0 Å². The topological polar surface area (TPSA) is 64.3 Å². The van der Waals surface area contributed by atoms with E-state index >= 15 is 0 Å². The van der Waals surface area contributed by atoms with Gasteiger partial charge in [0.1, 0.15) is 0 Å². The fourth-order valence-electron chi connectivity index (χ4n) is 2.48. The van der Waals surface area contributed by atoms with Crippen molar-refractivity contribution in [2.24, 2.45) is 5.73 Å². The highest BCUT2D eigenvalue weighted by Gasteiger charge is 2.26.